The number of esters is 2. The Hall–Kier alpha value is -1.94. The lowest BCUT2D eigenvalue weighted by Gasteiger charge is -2.19. The number of nitrogens with one attached hydrogen (secondary N) is 1. The minimum Gasteiger partial charge on any atom is -0.464 e. The third kappa shape index (κ3) is 12.1. The minimum atomic E-state index is -3.78. The SMILES string of the molecule is CCOC(=O)C(NC(=O)CC(CCC=C(C)C)OS(C)(=O)=O)C(=O)OCC. The van der Waals surface area contributed by atoms with E-state index in [1.165, 1.54) is 0 Å². The Morgan fingerprint density at radius 1 is 1.04 bits per heavy atom. The molecule has 0 rings (SSSR count). The molecular formula is C17H29NO8S. The molecule has 0 saturated carbocycles. The van der Waals surface area contributed by atoms with E-state index in [0.717, 1.165) is 11.8 Å². The monoisotopic (exact) mass is 407 g/mol. The van der Waals surface area contributed by atoms with Gasteiger partial charge in [-0.15, -0.1) is 0 Å². The maximum Gasteiger partial charge on any atom is 0.340 e. The van der Waals surface area contributed by atoms with E-state index in [0.29, 0.717) is 6.42 Å². The molecule has 0 spiro atoms. The van der Waals surface area contributed by atoms with Crippen LogP contribution in [0.1, 0.15) is 47.0 Å². The van der Waals surface area contributed by atoms with Crippen molar-refractivity contribution in [3.8, 4) is 0 Å². The van der Waals surface area contributed by atoms with Crippen LogP contribution in [0, 0.1) is 0 Å². The number of carbonyl (C=O) groups excluding carboxylic acids is 3. The highest BCUT2D eigenvalue weighted by Gasteiger charge is 2.32. The molecule has 0 bridgehead atoms. The molecule has 1 amide bonds. The van der Waals surface area contributed by atoms with Crippen molar-refractivity contribution in [1.82, 2.24) is 5.32 Å². The van der Waals surface area contributed by atoms with Crippen molar-refractivity contribution in [3.63, 3.8) is 0 Å². The predicted octanol–water partition coefficient (Wildman–Crippen LogP) is 1.08. The topological polar surface area (TPSA) is 125 Å². The van der Waals surface area contributed by atoms with Gasteiger partial charge in [0.2, 0.25) is 11.9 Å². The first-order valence-electron chi connectivity index (χ1n) is 8.64. The largest absolute Gasteiger partial charge is 0.464 e. The second-order valence-electron chi connectivity index (χ2n) is 5.99. The van der Waals surface area contributed by atoms with Crippen LogP contribution >= 0.6 is 0 Å². The van der Waals surface area contributed by atoms with Crippen LogP contribution in [-0.2, 0) is 38.2 Å². The van der Waals surface area contributed by atoms with Crippen LogP contribution in [-0.4, -0.2) is 57.9 Å². The zero-order valence-electron chi connectivity index (χ0n) is 16.4. The molecule has 0 aliphatic carbocycles. The minimum absolute atomic E-state index is 0.0210. The van der Waals surface area contributed by atoms with Crippen molar-refractivity contribution in [1.29, 1.82) is 0 Å². The molecule has 0 aromatic rings. The smallest absolute Gasteiger partial charge is 0.340 e. The number of carbonyl (C=O) groups is 3. The van der Waals surface area contributed by atoms with Crippen LogP contribution in [0.2, 0.25) is 0 Å². The van der Waals surface area contributed by atoms with Crippen molar-refractivity contribution < 1.29 is 36.5 Å². The van der Waals surface area contributed by atoms with E-state index in [1.54, 1.807) is 13.8 Å². The summed E-state index contributed by atoms with van der Waals surface area (Å²) in [4.78, 5) is 36.0. The maximum absolute atomic E-state index is 12.2. The lowest BCUT2D eigenvalue weighted by molar-refractivity contribution is -0.159. The molecule has 9 nitrogen and oxygen atoms in total. The van der Waals surface area contributed by atoms with Gasteiger partial charge in [-0.2, -0.15) is 8.42 Å². The van der Waals surface area contributed by atoms with Gasteiger partial charge in [0.25, 0.3) is 10.1 Å². The van der Waals surface area contributed by atoms with Crippen LogP contribution in [0.25, 0.3) is 0 Å². The van der Waals surface area contributed by atoms with Crippen molar-refractivity contribution in [2.45, 2.75) is 59.1 Å². The first kappa shape index (κ1) is 25.1. The number of allylic oxidation sites excluding steroid dienone is 2. The van der Waals surface area contributed by atoms with Crippen LogP contribution in [0.3, 0.4) is 0 Å². The van der Waals surface area contributed by atoms with Gasteiger partial charge in [-0.05, 0) is 40.5 Å². The van der Waals surface area contributed by atoms with Crippen molar-refractivity contribution in [3.05, 3.63) is 11.6 Å². The van der Waals surface area contributed by atoms with E-state index in [1.807, 2.05) is 19.9 Å². The van der Waals surface area contributed by atoms with Gasteiger partial charge >= 0.3 is 11.9 Å². The Labute approximate surface area is 160 Å². The fourth-order valence-electron chi connectivity index (χ4n) is 2.08. The Bertz CT molecular complexity index is 619. The fourth-order valence-corrected chi connectivity index (χ4v) is 2.74. The van der Waals surface area contributed by atoms with E-state index < -0.39 is 40.1 Å². The number of hydrogen-bond donors (Lipinski definition) is 1. The number of rotatable bonds is 12. The normalized spacial score (nSPS) is 12.2. The van der Waals surface area contributed by atoms with Crippen molar-refractivity contribution >= 4 is 28.0 Å². The van der Waals surface area contributed by atoms with Gasteiger partial charge in [0.1, 0.15) is 0 Å². The Balaban J connectivity index is 5.10. The third-order valence-corrected chi connectivity index (χ3v) is 3.74. The van der Waals surface area contributed by atoms with Crippen molar-refractivity contribution in [2.75, 3.05) is 19.5 Å². The van der Waals surface area contributed by atoms with E-state index in [2.05, 4.69) is 5.32 Å². The molecule has 1 N–H and O–H groups in total. The molecule has 0 aliphatic rings. The van der Waals surface area contributed by atoms with Gasteiger partial charge in [0, 0.05) is 0 Å². The Morgan fingerprint density at radius 2 is 1.56 bits per heavy atom. The summed E-state index contributed by atoms with van der Waals surface area (Å²) in [5.74, 6) is -2.63. The average Bonchev–Trinajstić information content (AvgIpc) is 2.50. The summed E-state index contributed by atoms with van der Waals surface area (Å²) in [7, 11) is -3.78. The lowest BCUT2D eigenvalue weighted by Crippen LogP contribution is -2.49. The Kier molecular flexibility index (Phi) is 11.6. The van der Waals surface area contributed by atoms with E-state index >= 15 is 0 Å². The molecule has 0 aromatic heterocycles. The second-order valence-corrected chi connectivity index (χ2v) is 7.59. The van der Waals surface area contributed by atoms with Gasteiger partial charge in [-0.3, -0.25) is 8.98 Å². The number of ether oxygens (including phenoxy) is 2. The highest BCUT2D eigenvalue weighted by atomic mass is 32.2. The summed E-state index contributed by atoms with van der Waals surface area (Å²) in [5, 5.41) is 2.22. The second kappa shape index (κ2) is 12.4. The molecular weight excluding hydrogens is 378 g/mol. The van der Waals surface area contributed by atoms with Gasteiger partial charge in [0.05, 0.1) is 32.0 Å². The molecule has 0 aromatic carbocycles. The van der Waals surface area contributed by atoms with Crippen LogP contribution < -0.4 is 5.32 Å². The molecule has 0 fully saturated rings. The van der Waals surface area contributed by atoms with Gasteiger partial charge in [0.15, 0.2) is 0 Å². The van der Waals surface area contributed by atoms with Crippen LogP contribution in [0.15, 0.2) is 11.6 Å². The molecule has 156 valence electrons. The maximum atomic E-state index is 12.2. The standard InChI is InChI=1S/C17H29NO8S/c1-6-24-16(20)15(17(21)25-7-2)18-14(19)11-13(26-27(5,22)23)10-8-9-12(3)4/h9,13,15H,6-8,10-11H2,1-5H3,(H,18,19). The molecule has 1 unspecified atom stereocenters. The fraction of sp³-hybridized carbons (Fsp3) is 0.706. The summed E-state index contributed by atoms with van der Waals surface area (Å²) in [6.07, 6.45) is 2.28. The van der Waals surface area contributed by atoms with E-state index in [9.17, 15) is 22.8 Å². The Morgan fingerprint density at radius 3 is 1.96 bits per heavy atom. The molecule has 0 radical (unpaired) electrons. The molecule has 0 heterocycles. The summed E-state index contributed by atoms with van der Waals surface area (Å²) in [5.41, 5.74) is 1.04. The lowest BCUT2D eigenvalue weighted by atomic mass is 10.1. The molecule has 0 aliphatic heterocycles. The number of amides is 1. The van der Waals surface area contributed by atoms with Gasteiger partial charge in [-0.25, -0.2) is 9.59 Å². The highest BCUT2D eigenvalue weighted by Crippen LogP contribution is 2.12. The first-order valence-corrected chi connectivity index (χ1v) is 10.5. The van der Waals surface area contributed by atoms with Crippen LogP contribution in [0.4, 0.5) is 0 Å². The quantitative estimate of drug-likeness (QED) is 0.220. The summed E-state index contributed by atoms with van der Waals surface area (Å²) >= 11 is 0. The van der Waals surface area contributed by atoms with E-state index in [-0.39, 0.29) is 26.1 Å². The predicted molar refractivity (Wildman–Crippen MR) is 98.2 cm³/mol. The molecule has 1 atom stereocenters. The zero-order chi connectivity index (χ0) is 21.0. The molecule has 0 saturated heterocycles. The number of hydrogen-bond acceptors (Lipinski definition) is 8. The van der Waals surface area contributed by atoms with Crippen molar-refractivity contribution in [2.24, 2.45) is 0 Å². The summed E-state index contributed by atoms with van der Waals surface area (Å²) in [6, 6.07) is -1.62. The van der Waals surface area contributed by atoms with Gasteiger partial charge in [-0.1, -0.05) is 11.6 Å². The van der Waals surface area contributed by atoms with E-state index in [4.69, 9.17) is 13.7 Å². The van der Waals surface area contributed by atoms with Crippen LogP contribution in [0.5, 0.6) is 0 Å². The third-order valence-electron chi connectivity index (χ3n) is 3.12. The first-order chi connectivity index (χ1) is 12.5. The van der Waals surface area contributed by atoms with Gasteiger partial charge < -0.3 is 14.8 Å². The molecule has 27 heavy (non-hydrogen) atoms. The highest BCUT2D eigenvalue weighted by molar-refractivity contribution is 7.86. The summed E-state index contributed by atoms with van der Waals surface area (Å²) < 4.78 is 37.3. The molecule has 10 heteroatoms. The zero-order valence-corrected chi connectivity index (χ0v) is 17.3. The summed E-state index contributed by atoms with van der Waals surface area (Å²) in [6.45, 7) is 6.94. The average molecular weight is 407 g/mol.